The van der Waals surface area contributed by atoms with Crippen molar-refractivity contribution < 1.29 is 27.1 Å². The number of hydrogen-bond donors (Lipinski definition) is 1. The molecular weight excluding hydrogens is 248 g/mol. The van der Waals surface area contributed by atoms with Gasteiger partial charge in [0.25, 0.3) is 0 Å². The average Bonchev–Trinajstić information content (AvgIpc) is 2.24. The lowest BCUT2D eigenvalue weighted by atomic mass is 10.2. The number of halogens is 4. The van der Waals surface area contributed by atoms with Crippen molar-refractivity contribution >= 4 is 18.6 Å². The number of carbonyl (C=O) groups is 1. The Morgan fingerprint density at radius 3 is 1.94 bits per heavy atom. The molecule has 0 heterocycles. The summed E-state index contributed by atoms with van der Waals surface area (Å²) in [6, 6.07) is 0. The monoisotopic (exact) mass is 254 g/mol. The van der Waals surface area contributed by atoms with Crippen molar-refractivity contribution in [3.63, 3.8) is 0 Å². The third-order valence-electron chi connectivity index (χ3n) is 1.72. The molecule has 1 aromatic carbocycles. The minimum atomic E-state index is -1.82. The number of esters is 1. The van der Waals surface area contributed by atoms with Crippen LogP contribution in [0, 0.1) is 23.3 Å². The first kappa shape index (κ1) is 12.8. The zero-order valence-electron chi connectivity index (χ0n) is 7.98. The molecule has 0 radical (unpaired) electrons. The van der Waals surface area contributed by atoms with Gasteiger partial charge in [0.1, 0.15) is 5.56 Å². The van der Waals surface area contributed by atoms with Crippen LogP contribution in [0.2, 0.25) is 0 Å². The summed E-state index contributed by atoms with van der Waals surface area (Å²) in [4.78, 5) is 9.92. The summed E-state index contributed by atoms with van der Waals surface area (Å²) in [5, 5.41) is 0. The Bertz CT molecular complexity index is 419. The molecule has 7 heteroatoms. The Labute approximate surface area is 93.6 Å². The van der Waals surface area contributed by atoms with Crippen molar-refractivity contribution in [2.75, 3.05) is 6.61 Å². The molecule has 2 nitrogen and oxygen atoms in total. The number of carbonyl (C=O) groups excluding carboxylic acids is 1. The van der Waals surface area contributed by atoms with E-state index < -0.39 is 39.7 Å². The van der Waals surface area contributed by atoms with Gasteiger partial charge in [-0.2, -0.15) is 0 Å². The zero-order chi connectivity index (χ0) is 12.5. The van der Waals surface area contributed by atoms with Crippen LogP contribution in [0.25, 0.3) is 0 Å². The van der Waals surface area contributed by atoms with Crippen LogP contribution in [-0.4, -0.2) is 12.6 Å². The van der Waals surface area contributed by atoms with Crippen LogP contribution in [0.1, 0.15) is 17.3 Å². The van der Waals surface area contributed by atoms with Gasteiger partial charge in [-0.1, -0.05) is 0 Å². The van der Waals surface area contributed by atoms with Crippen LogP contribution in [0.3, 0.4) is 0 Å². The molecule has 0 fully saturated rings. The third-order valence-corrected chi connectivity index (χ3v) is 2.11. The predicted molar refractivity (Wildman–Crippen MR) is 49.5 cm³/mol. The summed E-state index contributed by atoms with van der Waals surface area (Å²) in [6.07, 6.45) is 0. The molecule has 0 aliphatic rings. The Morgan fingerprint density at radius 2 is 1.56 bits per heavy atom. The SMILES string of the molecule is CCOC(=O)c1c(F)c(F)c(S)c(F)c1F. The Hall–Kier alpha value is -1.24. The molecular formula is C9H6F4O2S. The van der Waals surface area contributed by atoms with E-state index in [4.69, 9.17) is 0 Å². The van der Waals surface area contributed by atoms with Crippen molar-refractivity contribution in [3.05, 3.63) is 28.8 Å². The lowest BCUT2D eigenvalue weighted by Gasteiger charge is -2.07. The van der Waals surface area contributed by atoms with Gasteiger partial charge in [0.05, 0.1) is 11.5 Å². The van der Waals surface area contributed by atoms with Gasteiger partial charge >= 0.3 is 5.97 Å². The average molecular weight is 254 g/mol. The van der Waals surface area contributed by atoms with Gasteiger partial charge < -0.3 is 4.74 Å². The standard InChI is InChI=1S/C9H6F4O2S/c1-2-15-9(14)3-4(10)6(12)8(16)7(13)5(3)11/h16H,2H2,1H3. The molecule has 0 atom stereocenters. The minimum Gasteiger partial charge on any atom is -0.462 e. The Kier molecular flexibility index (Phi) is 3.79. The van der Waals surface area contributed by atoms with Gasteiger partial charge in [0.2, 0.25) is 0 Å². The topological polar surface area (TPSA) is 26.3 Å². The van der Waals surface area contributed by atoms with Gasteiger partial charge in [-0.25, -0.2) is 22.4 Å². The van der Waals surface area contributed by atoms with Gasteiger partial charge in [-0.3, -0.25) is 0 Å². The second-order valence-electron chi connectivity index (χ2n) is 2.70. The molecule has 88 valence electrons. The van der Waals surface area contributed by atoms with Crippen molar-refractivity contribution in [1.29, 1.82) is 0 Å². The van der Waals surface area contributed by atoms with Crippen molar-refractivity contribution in [2.45, 2.75) is 11.8 Å². The normalized spacial score (nSPS) is 10.4. The zero-order valence-corrected chi connectivity index (χ0v) is 8.88. The highest BCUT2D eigenvalue weighted by atomic mass is 32.1. The highest BCUT2D eigenvalue weighted by Crippen LogP contribution is 2.26. The molecule has 1 rings (SSSR count). The molecule has 0 unspecified atom stereocenters. The molecule has 0 aliphatic heterocycles. The van der Waals surface area contributed by atoms with Crippen LogP contribution < -0.4 is 0 Å². The van der Waals surface area contributed by atoms with E-state index in [1.165, 1.54) is 6.92 Å². The molecule has 0 amide bonds. The molecule has 0 aliphatic carbocycles. The van der Waals surface area contributed by atoms with Gasteiger partial charge in [-0.15, -0.1) is 12.6 Å². The first-order valence-electron chi connectivity index (χ1n) is 4.13. The van der Waals surface area contributed by atoms with E-state index in [0.717, 1.165) is 0 Å². The quantitative estimate of drug-likeness (QED) is 0.380. The van der Waals surface area contributed by atoms with E-state index in [1.807, 2.05) is 0 Å². The van der Waals surface area contributed by atoms with Crippen molar-refractivity contribution in [2.24, 2.45) is 0 Å². The fourth-order valence-electron chi connectivity index (χ4n) is 1.00. The van der Waals surface area contributed by atoms with E-state index in [0.29, 0.717) is 0 Å². The highest BCUT2D eigenvalue weighted by molar-refractivity contribution is 7.80. The summed E-state index contributed by atoms with van der Waals surface area (Å²) in [7, 11) is 0. The molecule has 0 spiro atoms. The maximum Gasteiger partial charge on any atom is 0.344 e. The number of hydrogen-bond acceptors (Lipinski definition) is 3. The summed E-state index contributed by atoms with van der Waals surface area (Å²) in [5.41, 5.74) is -1.39. The lowest BCUT2D eigenvalue weighted by Crippen LogP contribution is -2.14. The summed E-state index contributed by atoms with van der Waals surface area (Å²) in [6.45, 7) is 1.21. The van der Waals surface area contributed by atoms with Gasteiger partial charge in [-0.05, 0) is 6.92 Å². The van der Waals surface area contributed by atoms with Crippen molar-refractivity contribution in [1.82, 2.24) is 0 Å². The Balaban J connectivity index is 3.45. The largest absolute Gasteiger partial charge is 0.462 e. The summed E-state index contributed by atoms with van der Waals surface area (Å²) in [5.74, 6) is -8.57. The maximum atomic E-state index is 13.1. The predicted octanol–water partition coefficient (Wildman–Crippen LogP) is 2.71. The first-order valence-corrected chi connectivity index (χ1v) is 4.58. The first-order chi connectivity index (χ1) is 7.41. The minimum absolute atomic E-state index is 0.177. The maximum absolute atomic E-state index is 13.1. The fourth-order valence-corrected chi connectivity index (χ4v) is 1.20. The molecule has 0 saturated heterocycles. The van der Waals surface area contributed by atoms with Crippen LogP contribution in [0.5, 0.6) is 0 Å². The highest BCUT2D eigenvalue weighted by Gasteiger charge is 2.28. The van der Waals surface area contributed by atoms with Crippen LogP contribution in [0.15, 0.2) is 4.90 Å². The molecule has 0 bridgehead atoms. The van der Waals surface area contributed by atoms with E-state index >= 15 is 0 Å². The van der Waals surface area contributed by atoms with Gasteiger partial charge in [0, 0.05) is 0 Å². The third kappa shape index (κ3) is 1.99. The van der Waals surface area contributed by atoms with Crippen LogP contribution >= 0.6 is 12.6 Å². The van der Waals surface area contributed by atoms with E-state index in [-0.39, 0.29) is 6.61 Å². The second-order valence-corrected chi connectivity index (χ2v) is 3.15. The summed E-state index contributed by atoms with van der Waals surface area (Å²) >= 11 is 3.24. The molecule has 0 saturated carbocycles. The summed E-state index contributed by atoms with van der Waals surface area (Å²) < 4.78 is 56.5. The molecule has 16 heavy (non-hydrogen) atoms. The molecule has 1 aromatic rings. The van der Waals surface area contributed by atoms with E-state index in [1.54, 1.807) is 0 Å². The molecule has 0 aromatic heterocycles. The van der Waals surface area contributed by atoms with Gasteiger partial charge in [0.15, 0.2) is 23.3 Å². The smallest absolute Gasteiger partial charge is 0.344 e. The van der Waals surface area contributed by atoms with E-state index in [2.05, 4.69) is 17.4 Å². The number of benzene rings is 1. The van der Waals surface area contributed by atoms with Crippen LogP contribution in [-0.2, 0) is 4.74 Å². The van der Waals surface area contributed by atoms with Crippen LogP contribution in [0.4, 0.5) is 17.6 Å². The number of rotatable bonds is 2. The Morgan fingerprint density at radius 1 is 1.12 bits per heavy atom. The second kappa shape index (κ2) is 4.73. The van der Waals surface area contributed by atoms with Crippen molar-refractivity contribution in [3.8, 4) is 0 Å². The fraction of sp³-hybridized carbons (Fsp3) is 0.222. The van der Waals surface area contributed by atoms with E-state index in [9.17, 15) is 22.4 Å². The molecule has 0 N–H and O–H groups in total. The number of thiol groups is 1. The number of ether oxygens (including phenoxy) is 1. The lowest BCUT2D eigenvalue weighted by molar-refractivity contribution is 0.0511.